The van der Waals surface area contributed by atoms with Crippen LogP contribution < -0.4 is 11.1 Å². The molecule has 39 heavy (non-hydrogen) atoms. The molecule has 6 nitrogen and oxygen atoms in total. The summed E-state index contributed by atoms with van der Waals surface area (Å²) in [4.78, 5) is 9.81. The van der Waals surface area contributed by atoms with Gasteiger partial charge in [0.05, 0.1) is 18.8 Å². The van der Waals surface area contributed by atoms with Crippen LogP contribution in [0, 0.1) is 0 Å². The lowest BCUT2D eigenvalue weighted by atomic mass is 9.96. The predicted molar refractivity (Wildman–Crippen MR) is 161 cm³/mol. The van der Waals surface area contributed by atoms with E-state index in [0.29, 0.717) is 12.2 Å². The predicted octanol–water partition coefficient (Wildman–Crippen LogP) is 6.11. The SMILES string of the molecule is Nc1ccccc1C(=NCc1ccco1)NCCN1CCN(C(c2ccc(Cl)cc2)c2ccc(Cl)cc2)CC1. The Balaban J connectivity index is 1.21. The first-order valence-electron chi connectivity index (χ1n) is 13.2. The molecule has 202 valence electrons. The minimum atomic E-state index is 0.154. The molecule has 2 heterocycles. The molecule has 1 fully saturated rings. The quantitative estimate of drug-likeness (QED) is 0.146. The summed E-state index contributed by atoms with van der Waals surface area (Å²) in [5, 5.41) is 5.02. The highest BCUT2D eigenvalue weighted by Crippen LogP contribution is 2.31. The maximum atomic E-state index is 6.27. The molecule has 3 N–H and O–H groups in total. The number of piperazine rings is 1. The van der Waals surface area contributed by atoms with Crippen molar-refractivity contribution >= 4 is 34.7 Å². The van der Waals surface area contributed by atoms with Gasteiger partial charge in [-0.15, -0.1) is 0 Å². The van der Waals surface area contributed by atoms with E-state index >= 15 is 0 Å². The number of hydrogen-bond donors (Lipinski definition) is 2. The van der Waals surface area contributed by atoms with Crippen LogP contribution in [0.2, 0.25) is 10.0 Å². The number of para-hydroxylation sites is 1. The van der Waals surface area contributed by atoms with Crippen molar-refractivity contribution in [3.63, 3.8) is 0 Å². The highest BCUT2D eigenvalue weighted by molar-refractivity contribution is 6.30. The molecule has 8 heteroatoms. The monoisotopic (exact) mass is 561 g/mol. The van der Waals surface area contributed by atoms with Gasteiger partial charge in [-0.3, -0.25) is 14.8 Å². The van der Waals surface area contributed by atoms with Gasteiger partial charge in [0.2, 0.25) is 0 Å². The second-order valence-electron chi connectivity index (χ2n) is 9.64. The van der Waals surface area contributed by atoms with E-state index in [1.54, 1.807) is 6.26 Å². The number of furan rings is 1. The summed E-state index contributed by atoms with van der Waals surface area (Å²) in [6, 6.07) is 28.1. The number of benzene rings is 3. The standard InChI is InChI=1S/C31H33Cl2N5O/c32-25-11-7-23(8-12-25)30(24-9-13-26(33)14-10-24)38-19-17-37(18-20-38)16-15-35-31(28-5-1-2-6-29(28)34)36-22-27-4-3-21-39-27/h1-14,21,30H,15-20,22,34H2,(H,35,36). The van der Waals surface area contributed by atoms with Crippen LogP contribution >= 0.6 is 23.2 Å². The van der Waals surface area contributed by atoms with Crippen LogP contribution in [0.3, 0.4) is 0 Å². The van der Waals surface area contributed by atoms with Crippen molar-refractivity contribution < 1.29 is 4.42 Å². The maximum Gasteiger partial charge on any atom is 0.130 e. The number of amidine groups is 1. The van der Waals surface area contributed by atoms with Gasteiger partial charge >= 0.3 is 0 Å². The molecular weight excluding hydrogens is 529 g/mol. The van der Waals surface area contributed by atoms with Gasteiger partial charge in [-0.1, -0.05) is 59.6 Å². The van der Waals surface area contributed by atoms with Gasteiger partial charge in [-0.2, -0.15) is 0 Å². The maximum absolute atomic E-state index is 6.27. The first-order valence-corrected chi connectivity index (χ1v) is 14.0. The molecule has 1 aliphatic rings. The summed E-state index contributed by atoms with van der Waals surface area (Å²) in [5.74, 6) is 1.60. The van der Waals surface area contributed by atoms with E-state index in [1.807, 2.05) is 60.7 Å². The molecule has 0 amide bonds. The van der Waals surface area contributed by atoms with E-state index < -0.39 is 0 Å². The number of aliphatic imine (C=N–C) groups is 1. The van der Waals surface area contributed by atoms with Gasteiger partial charge in [-0.25, -0.2) is 0 Å². The second kappa shape index (κ2) is 13.2. The number of nitrogens with two attached hydrogens (primary N) is 1. The topological polar surface area (TPSA) is 70.0 Å². The number of nitrogens with one attached hydrogen (secondary N) is 1. The smallest absolute Gasteiger partial charge is 0.130 e. The Morgan fingerprint density at radius 2 is 1.49 bits per heavy atom. The third-order valence-corrected chi connectivity index (χ3v) is 7.56. The van der Waals surface area contributed by atoms with Crippen molar-refractivity contribution in [3.8, 4) is 0 Å². The minimum Gasteiger partial charge on any atom is -0.467 e. The summed E-state index contributed by atoms with van der Waals surface area (Å²) in [5.41, 5.74) is 10.3. The molecule has 0 spiro atoms. The molecule has 0 saturated carbocycles. The Hall–Kier alpha value is -3.29. The Labute approximate surface area is 240 Å². The molecule has 0 bridgehead atoms. The van der Waals surface area contributed by atoms with Gasteiger partial charge in [0.1, 0.15) is 11.6 Å². The zero-order valence-corrected chi connectivity index (χ0v) is 23.3. The third-order valence-electron chi connectivity index (χ3n) is 7.05. The molecule has 4 aromatic rings. The average molecular weight is 563 g/mol. The molecule has 0 radical (unpaired) electrons. The van der Waals surface area contributed by atoms with E-state index in [1.165, 1.54) is 11.1 Å². The van der Waals surface area contributed by atoms with Crippen molar-refractivity contribution in [1.82, 2.24) is 15.1 Å². The Kier molecular flexibility index (Phi) is 9.22. The molecule has 1 aromatic heterocycles. The highest BCUT2D eigenvalue weighted by Gasteiger charge is 2.26. The van der Waals surface area contributed by atoms with Crippen molar-refractivity contribution in [1.29, 1.82) is 0 Å². The number of nitrogens with zero attached hydrogens (tertiary/aromatic N) is 3. The normalized spacial score (nSPS) is 15.1. The number of anilines is 1. The van der Waals surface area contributed by atoms with Gasteiger partial charge < -0.3 is 15.5 Å². The van der Waals surface area contributed by atoms with E-state index in [-0.39, 0.29) is 6.04 Å². The molecule has 0 atom stereocenters. The van der Waals surface area contributed by atoms with Crippen LogP contribution in [0.4, 0.5) is 5.69 Å². The molecule has 0 unspecified atom stereocenters. The zero-order valence-electron chi connectivity index (χ0n) is 21.8. The van der Waals surface area contributed by atoms with Crippen LogP contribution in [0.1, 0.15) is 28.5 Å². The molecular formula is C31H33Cl2N5O. The lowest BCUT2D eigenvalue weighted by Gasteiger charge is -2.40. The molecule has 5 rings (SSSR count). The Morgan fingerprint density at radius 3 is 2.08 bits per heavy atom. The Bertz CT molecular complexity index is 1300. The van der Waals surface area contributed by atoms with E-state index in [9.17, 15) is 0 Å². The number of hydrogen-bond acceptors (Lipinski definition) is 5. The highest BCUT2D eigenvalue weighted by atomic mass is 35.5. The van der Waals surface area contributed by atoms with Gasteiger partial charge in [-0.05, 0) is 59.7 Å². The van der Waals surface area contributed by atoms with Gasteiger partial charge in [0.15, 0.2) is 0 Å². The largest absolute Gasteiger partial charge is 0.467 e. The molecule has 1 saturated heterocycles. The first kappa shape index (κ1) is 27.3. The second-order valence-corrected chi connectivity index (χ2v) is 10.5. The molecule has 3 aromatic carbocycles. The summed E-state index contributed by atoms with van der Waals surface area (Å²) in [6.07, 6.45) is 1.67. The minimum absolute atomic E-state index is 0.154. The van der Waals surface area contributed by atoms with E-state index in [0.717, 1.165) is 66.5 Å². The third kappa shape index (κ3) is 7.22. The van der Waals surface area contributed by atoms with Crippen LogP contribution in [0.25, 0.3) is 0 Å². The van der Waals surface area contributed by atoms with Crippen molar-refractivity contribution in [3.05, 3.63) is 124 Å². The zero-order chi connectivity index (χ0) is 27.0. The van der Waals surface area contributed by atoms with E-state index in [4.69, 9.17) is 38.3 Å². The summed E-state index contributed by atoms with van der Waals surface area (Å²) < 4.78 is 5.46. The number of nitrogen functional groups attached to an aromatic ring is 1. The van der Waals surface area contributed by atoms with Crippen LogP contribution in [0.5, 0.6) is 0 Å². The number of halogens is 2. The lowest BCUT2D eigenvalue weighted by Crippen LogP contribution is -2.49. The Morgan fingerprint density at radius 1 is 0.846 bits per heavy atom. The molecule has 0 aliphatic carbocycles. The van der Waals surface area contributed by atoms with Gasteiger partial charge in [0, 0.05) is 60.6 Å². The fourth-order valence-electron chi connectivity index (χ4n) is 4.99. The lowest BCUT2D eigenvalue weighted by molar-refractivity contribution is 0.111. The first-order chi connectivity index (χ1) is 19.1. The molecule has 1 aliphatic heterocycles. The summed E-state index contributed by atoms with van der Waals surface area (Å²) >= 11 is 12.4. The van der Waals surface area contributed by atoms with Crippen LogP contribution in [0.15, 0.2) is 101 Å². The van der Waals surface area contributed by atoms with Crippen LogP contribution in [-0.2, 0) is 6.54 Å². The summed E-state index contributed by atoms with van der Waals surface area (Å²) in [6.45, 7) is 6.01. The van der Waals surface area contributed by atoms with Crippen molar-refractivity contribution in [2.45, 2.75) is 12.6 Å². The average Bonchev–Trinajstić information content (AvgIpc) is 3.48. The fourth-order valence-corrected chi connectivity index (χ4v) is 5.24. The van der Waals surface area contributed by atoms with Crippen molar-refractivity contribution in [2.24, 2.45) is 4.99 Å². The number of rotatable bonds is 9. The van der Waals surface area contributed by atoms with Gasteiger partial charge in [0.25, 0.3) is 0 Å². The summed E-state index contributed by atoms with van der Waals surface area (Å²) in [7, 11) is 0. The van der Waals surface area contributed by atoms with E-state index in [2.05, 4.69) is 39.4 Å². The van der Waals surface area contributed by atoms with Crippen LogP contribution in [-0.4, -0.2) is 54.9 Å². The van der Waals surface area contributed by atoms with Crippen molar-refractivity contribution in [2.75, 3.05) is 45.0 Å². The fraction of sp³-hybridized carbons (Fsp3) is 0.258.